The minimum Gasteiger partial charge on any atom is -0.326 e. The fourth-order valence-electron chi connectivity index (χ4n) is 2.65. The van der Waals surface area contributed by atoms with E-state index in [4.69, 9.17) is 0 Å². The molecule has 0 aliphatic heterocycles. The number of carbonyl (C=O) groups is 1. The highest BCUT2D eigenvalue weighted by Crippen LogP contribution is 2.23. The quantitative estimate of drug-likeness (QED) is 0.809. The molecule has 24 heavy (non-hydrogen) atoms. The van der Waals surface area contributed by atoms with Crippen LogP contribution < -0.4 is 5.32 Å². The lowest BCUT2D eigenvalue weighted by atomic mass is 9.97. The lowest BCUT2D eigenvalue weighted by Crippen LogP contribution is -2.29. The molecule has 0 unspecified atom stereocenters. The van der Waals surface area contributed by atoms with Crippen molar-refractivity contribution >= 4 is 21.4 Å². The van der Waals surface area contributed by atoms with E-state index in [0.717, 1.165) is 19.3 Å². The van der Waals surface area contributed by atoms with E-state index in [1.54, 1.807) is 45.0 Å². The van der Waals surface area contributed by atoms with Gasteiger partial charge in [-0.25, -0.2) is 8.42 Å². The summed E-state index contributed by atoms with van der Waals surface area (Å²) in [6.07, 6.45) is 6.99. The van der Waals surface area contributed by atoms with E-state index in [-0.39, 0.29) is 11.7 Å². The summed E-state index contributed by atoms with van der Waals surface area (Å²) in [6.45, 7) is 5.10. The monoisotopic (exact) mass is 349 g/mol. The van der Waals surface area contributed by atoms with Gasteiger partial charge in [0.25, 0.3) is 0 Å². The Labute approximate surface area is 145 Å². The van der Waals surface area contributed by atoms with Crippen molar-refractivity contribution < 1.29 is 13.2 Å². The number of hydrogen-bond donors (Lipinski definition) is 1. The van der Waals surface area contributed by atoms with Crippen LogP contribution in [0.4, 0.5) is 5.69 Å². The highest BCUT2D eigenvalue weighted by Gasteiger charge is 2.29. The Balaban J connectivity index is 2.02. The Morgan fingerprint density at radius 2 is 1.96 bits per heavy atom. The zero-order chi connectivity index (χ0) is 17.8. The molecule has 0 saturated carbocycles. The van der Waals surface area contributed by atoms with Crippen molar-refractivity contribution in [1.29, 1.82) is 0 Å². The summed E-state index contributed by atoms with van der Waals surface area (Å²) in [4.78, 5) is 12.2. The average molecular weight is 349 g/mol. The first-order valence-corrected chi connectivity index (χ1v) is 10.1. The van der Waals surface area contributed by atoms with Gasteiger partial charge < -0.3 is 5.32 Å². The molecule has 0 radical (unpaired) electrons. The second-order valence-corrected chi connectivity index (χ2v) is 10.1. The summed E-state index contributed by atoms with van der Waals surface area (Å²) in [5.41, 5.74) is 2.54. The molecule has 1 aliphatic rings. The summed E-state index contributed by atoms with van der Waals surface area (Å²) < 4.78 is 23.9. The maximum Gasteiger partial charge on any atom is 0.228 e. The first-order valence-electron chi connectivity index (χ1n) is 8.46. The topological polar surface area (TPSA) is 63.2 Å². The van der Waals surface area contributed by atoms with E-state index in [2.05, 4.69) is 11.4 Å². The molecule has 0 spiro atoms. The van der Waals surface area contributed by atoms with Crippen LogP contribution in [-0.2, 0) is 20.4 Å². The van der Waals surface area contributed by atoms with Gasteiger partial charge in [0.2, 0.25) is 5.91 Å². The maximum absolute atomic E-state index is 12.3. The first kappa shape index (κ1) is 18.7. The molecule has 0 heterocycles. The smallest absolute Gasteiger partial charge is 0.228 e. The van der Waals surface area contributed by atoms with Gasteiger partial charge in [-0.3, -0.25) is 4.79 Å². The molecule has 4 nitrogen and oxygen atoms in total. The number of amides is 1. The van der Waals surface area contributed by atoms with E-state index in [0.29, 0.717) is 17.7 Å². The molecule has 0 atom stereocenters. The van der Waals surface area contributed by atoms with Gasteiger partial charge in [0, 0.05) is 12.1 Å². The predicted octanol–water partition coefficient (Wildman–Crippen LogP) is 4.23. The molecule has 0 aromatic heterocycles. The van der Waals surface area contributed by atoms with Gasteiger partial charge in [-0.15, -0.1) is 0 Å². The fraction of sp³-hybridized carbons (Fsp3) is 0.526. The molecular formula is C19H27NO3S. The molecule has 132 valence electrons. The van der Waals surface area contributed by atoms with E-state index >= 15 is 0 Å². The molecule has 1 aromatic carbocycles. The largest absolute Gasteiger partial charge is 0.326 e. The zero-order valence-corrected chi connectivity index (χ0v) is 15.6. The summed E-state index contributed by atoms with van der Waals surface area (Å²) in [5.74, 6) is -0.0651. The summed E-state index contributed by atoms with van der Waals surface area (Å²) >= 11 is 0. The van der Waals surface area contributed by atoms with Gasteiger partial charge in [0.15, 0.2) is 9.84 Å². The summed E-state index contributed by atoms with van der Waals surface area (Å²) in [6, 6.07) is 7.10. The van der Waals surface area contributed by atoms with Crippen molar-refractivity contribution in [2.75, 3.05) is 5.32 Å². The van der Waals surface area contributed by atoms with E-state index in [1.165, 1.54) is 12.0 Å². The van der Waals surface area contributed by atoms with Crippen LogP contribution in [0.25, 0.3) is 0 Å². The molecule has 0 fully saturated rings. The van der Waals surface area contributed by atoms with Crippen LogP contribution in [0, 0.1) is 0 Å². The Morgan fingerprint density at radius 3 is 2.58 bits per heavy atom. The normalized spacial score (nSPS) is 15.7. The number of nitrogens with one attached hydrogen (secondary N) is 1. The van der Waals surface area contributed by atoms with Gasteiger partial charge in [-0.1, -0.05) is 23.8 Å². The Bertz CT molecular complexity index is 727. The molecule has 1 aliphatic carbocycles. The van der Waals surface area contributed by atoms with Crippen molar-refractivity contribution in [3.8, 4) is 0 Å². The second-order valence-electron chi connectivity index (χ2n) is 7.40. The van der Waals surface area contributed by atoms with Crippen LogP contribution in [0.1, 0.15) is 58.4 Å². The Kier molecular flexibility index (Phi) is 5.86. The Morgan fingerprint density at radius 1 is 1.21 bits per heavy atom. The minimum atomic E-state index is -3.24. The predicted molar refractivity (Wildman–Crippen MR) is 98.6 cm³/mol. The first-order chi connectivity index (χ1) is 11.2. The van der Waals surface area contributed by atoms with Crippen molar-refractivity contribution in [3.63, 3.8) is 0 Å². The van der Waals surface area contributed by atoms with Gasteiger partial charge >= 0.3 is 0 Å². The molecule has 5 heteroatoms. The van der Waals surface area contributed by atoms with Crippen LogP contribution in [0.3, 0.4) is 0 Å². The average Bonchev–Trinajstić information content (AvgIpc) is 2.46. The number of rotatable bonds is 5. The van der Waals surface area contributed by atoms with Crippen LogP contribution in [0.5, 0.6) is 0 Å². The Hall–Kier alpha value is -1.62. The van der Waals surface area contributed by atoms with Crippen molar-refractivity contribution in [2.24, 2.45) is 0 Å². The molecule has 0 saturated heterocycles. The fourth-order valence-corrected chi connectivity index (χ4v) is 3.70. The van der Waals surface area contributed by atoms with Crippen molar-refractivity contribution in [1.82, 2.24) is 0 Å². The molecule has 2 rings (SSSR count). The van der Waals surface area contributed by atoms with Crippen LogP contribution >= 0.6 is 0 Å². The summed E-state index contributed by atoms with van der Waals surface area (Å²) in [7, 11) is -3.24. The second kappa shape index (κ2) is 7.51. The number of sulfone groups is 1. The van der Waals surface area contributed by atoms with Gasteiger partial charge in [-0.05, 0) is 64.2 Å². The number of anilines is 1. The molecule has 1 amide bonds. The maximum atomic E-state index is 12.3. The summed E-state index contributed by atoms with van der Waals surface area (Å²) in [5, 5.41) is 2.88. The standard InChI is InChI=1S/C19H27NO3S/c1-19(2,3)24(22,23)14-16-10-7-11-17(12-16)20-18(21)13-15-8-5-4-6-9-15/h7-8,10-12H,4-6,9,13-14H2,1-3H3,(H,20,21). The van der Waals surface area contributed by atoms with Crippen LogP contribution in [0.2, 0.25) is 0 Å². The SMILES string of the molecule is CC(C)(C)S(=O)(=O)Cc1cccc(NC(=O)CC2=CCCCC2)c1. The molecule has 1 aromatic rings. The molecular weight excluding hydrogens is 322 g/mol. The third-order valence-corrected chi connectivity index (χ3v) is 6.85. The van der Waals surface area contributed by atoms with Crippen molar-refractivity contribution in [3.05, 3.63) is 41.5 Å². The van der Waals surface area contributed by atoms with Gasteiger partial charge in [0.1, 0.15) is 0 Å². The zero-order valence-electron chi connectivity index (χ0n) is 14.8. The lowest BCUT2D eigenvalue weighted by molar-refractivity contribution is -0.115. The van der Waals surface area contributed by atoms with Crippen LogP contribution in [0.15, 0.2) is 35.9 Å². The third-order valence-electron chi connectivity index (χ3n) is 4.27. The number of carbonyl (C=O) groups excluding carboxylic acids is 1. The number of hydrogen-bond acceptors (Lipinski definition) is 3. The van der Waals surface area contributed by atoms with Crippen molar-refractivity contribution in [2.45, 2.75) is 63.4 Å². The van der Waals surface area contributed by atoms with Crippen LogP contribution in [-0.4, -0.2) is 19.1 Å². The highest BCUT2D eigenvalue weighted by atomic mass is 32.2. The highest BCUT2D eigenvalue weighted by molar-refractivity contribution is 7.91. The number of allylic oxidation sites excluding steroid dienone is 1. The van der Waals surface area contributed by atoms with E-state index in [9.17, 15) is 13.2 Å². The lowest BCUT2D eigenvalue weighted by Gasteiger charge is -2.19. The van der Waals surface area contributed by atoms with E-state index < -0.39 is 14.6 Å². The van der Waals surface area contributed by atoms with Gasteiger partial charge in [0.05, 0.1) is 10.5 Å². The number of benzene rings is 1. The third kappa shape index (κ3) is 5.20. The van der Waals surface area contributed by atoms with E-state index in [1.807, 2.05) is 0 Å². The minimum absolute atomic E-state index is 0.0225. The van der Waals surface area contributed by atoms with Gasteiger partial charge in [-0.2, -0.15) is 0 Å². The molecule has 0 bridgehead atoms. The molecule has 1 N–H and O–H groups in total.